The van der Waals surface area contributed by atoms with Crippen molar-refractivity contribution in [2.24, 2.45) is 5.92 Å². The van der Waals surface area contributed by atoms with Gasteiger partial charge in [-0.25, -0.2) is 0 Å². The van der Waals surface area contributed by atoms with Crippen LogP contribution in [0.4, 0.5) is 5.69 Å². The fourth-order valence-electron chi connectivity index (χ4n) is 4.17. The summed E-state index contributed by atoms with van der Waals surface area (Å²) in [7, 11) is 0. The van der Waals surface area contributed by atoms with Crippen LogP contribution in [0.25, 0.3) is 0 Å². The van der Waals surface area contributed by atoms with Gasteiger partial charge in [0, 0.05) is 45.5 Å². The summed E-state index contributed by atoms with van der Waals surface area (Å²) in [5.74, 6) is 0.401. The largest absolute Gasteiger partial charge is 0.361 e. The number of benzene rings is 3. The zero-order valence-corrected chi connectivity index (χ0v) is 21.4. The maximum absolute atomic E-state index is 13.0. The summed E-state index contributed by atoms with van der Waals surface area (Å²) in [6.45, 7) is 5.46. The van der Waals surface area contributed by atoms with Gasteiger partial charge in [-0.3, -0.25) is 9.59 Å². The van der Waals surface area contributed by atoms with Crippen molar-refractivity contribution in [3.63, 3.8) is 0 Å². The van der Waals surface area contributed by atoms with E-state index in [1.54, 1.807) is 24.3 Å². The Morgan fingerprint density at radius 1 is 1.03 bits per heavy atom. The highest BCUT2D eigenvalue weighted by molar-refractivity contribution is 6.35. The molecule has 0 spiro atoms. The Morgan fingerprint density at radius 3 is 2.49 bits per heavy atom. The summed E-state index contributed by atoms with van der Waals surface area (Å²) < 4.78 is 0. The van der Waals surface area contributed by atoms with Crippen LogP contribution in [-0.4, -0.2) is 29.8 Å². The van der Waals surface area contributed by atoms with Gasteiger partial charge in [0.05, 0.1) is 0 Å². The summed E-state index contributed by atoms with van der Waals surface area (Å²) in [5.41, 5.74) is 4.06. The van der Waals surface area contributed by atoms with E-state index in [9.17, 15) is 9.59 Å². The predicted molar refractivity (Wildman–Crippen MR) is 142 cm³/mol. The molecule has 0 aliphatic carbocycles. The van der Waals surface area contributed by atoms with E-state index in [1.165, 1.54) is 0 Å². The summed E-state index contributed by atoms with van der Waals surface area (Å²) in [6, 6.07) is 20.4. The summed E-state index contributed by atoms with van der Waals surface area (Å²) in [5, 5.41) is 7.60. The van der Waals surface area contributed by atoms with Crippen molar-refractivity contribution in [1.29, 1.82) is 0 Å². The van der Waals surface area contributed by atoms with E-state index >= 15 is 0 Å². The first-order valence-corrected chi connectivity index (χ1v) is 12.6. The van der Waals surface area contributed by atoms with Crippen LogP contribution in [0.5, 0.6) is 0 Å². The van der Waals surface area contributed by atoms with Crippen molar-refractivity contribution < 1.29 is 9.59 Å². The van der Waals surface area contributed by atoms with Crippen LogP contribution in [0.2, 0.25) is 10.0 Å². The highest BCUT2D eigenvalue weighted by Crippen LogP contribution is 2.34. The normalized spacial score (nSPS) is 14.8. The van der Waals surface area contributed by atoms with Crippen LogP contribution >= 0.6 is 23.2 Å². The average molecular weight is 510 g/mol. The summed E-state index contributed by atoms with van der Waals surface area (Å²) >= 11 is 12.1. The fraction of sp³-hybridized carbons (Fsp3) is 0.286. The lowest BCUT2D eigenvalue weighted by Gasteiger charge is -2.28. The molecule has 0 fully saturated rings. The molecule has 3 aromatic carbocycles. The van der Waals surface area contributed by atoms with Gasteiger partial charge in [0.1, 0.15) is 6.17 Å². The topological polar surface area (TPSA) is 61.4 Å². The highest BCUT2D eigenvalue weighted by atomic mass is 35.5. The van der Waals surface area contributed by atoms with Crippen LogP contribution in [0, 0.1) is 5.92 Å². The number of hydrogen-bond acceptors (Lipinski definition) is 3. The van der Waals surface area contributed by atoms with Gasteiger partial charge in [0.15, 0.2) is 0 Å². The molecule has 1 atom stereocenters. The van der Waals surface area contributed by atoms with E-state index < -0.39 is 0 Å². The zero-order chi connectivity index (χ0) is 24.9. The monoisotopic (exact) mass is 509 g/mol. The molecule has 2 N–H and O–H groups in total. The molecule has 1 aliphatic rings. The molecule has 1 aliphatic heterocycles. The smallest absolute Gasteiger partial charge is 0.256 e. The van der Waals surface area contributed by atoms with E-state index in [4.69, 9.17) is 23.2 Å². The molecule has 0 saturated carbocycles. The first-order valence-electron chi connectivity index (χ1n) is 11.8. The molecule has 4 rings (SSSR count). The number of fused-ring (bicyclic) bond motifs is 1. The molecule has 0 bridgehead atoms. The average Bonchev–Trinajstić information content (AvgIpc) is 3.10. The Bertz CT molecular complexity index is 1210. The van der Waals surface area contributed by atoms with Gasteiger partial charge in [0.2, 0.25) is 0 Å². The number of anilines is 1. The predicted octanol–water partition coefficient (Wildman–Crippen LogP) is 6.58. The molecule has 1 unspecified atom stereocenters. The number of carbonyl (C=O) groups is 2. The van der Waals surface area contributed by atoms with Crippen molar-refractivity contribution in [3.8, 4) is 0 Å². The number of rotatable bonds is 9. The maximum Gasteiger partial charge on any atom is 0.256 e. The summed E-state index contributed by atoms with van der Waals surface area (Å²) in [6.07, 6.45) is 1.31. The van der Waals surface area contributed by atoms with Crippen molar-refractivity contribution in [3.05, 3.63) is 99.0 Å². The number of nitrogens with zero attached hydrogens (tertiary/aromatic N) is 1. The Hall–Kier alpha value is -3.02. The van der Waals surface area contributed by atoms with Gasteiger partial charge in [-0.05, 0) is 66.8 Å². The van der Waals surface area contributed by atoms with Crippen molar-refractivity contribution in [1.82, 2.24) is 10.2 Å². The number of carbonyl (C=O) groups excluding carboxylic acids is 2. The van der Waals surface area contributed by atoms with Crippen LogP contribution in [0.3, 0.4) is 0 Å². The molecular weight excluding hydrogens is 481 g/mol. The molecule has 0 radical (unpaired) electrons. The van der Waals surface area contributed by atoms with Gasteiger partial charge in [0.25, 0.3) is 11.8 Å². The Labute approximate surface area is 216 Å². The second kappa shape index (κ2) is 11.1. The fourth-order valence-corrected chi connectivity index (χ4v) is 4.67. The first-order chi connectivity index (χ1) is 16.8. The van der Waals surface area contributed by atoms with Crippen LogP contribution < -0.4 is 10.6 Å². The third-order valence-corrected chi connectivity index (χ3v) is 6.74. The molecule has 0 saturated heterocycles. The van der Waals surface area contributed by atoms with Crippen LogP contribution in [0.1, 0.15) is 58.3 Å². The zero-order valence-electron chi connectivity index (χ0n) is 19.9. The number of amides is 2. The van der Waals surface area contributed by atoms with Gasteiger partial charge in [-0.15, -0.1) is 0 Å². The third kappa shape index (κ3) is 5.98. The van der Waals surface area contributed by atoms with E-state index in [2.05, 4.69) is 24.5 Å². The molecule has 182 valence electrons. The lowest BCUT2D eigenvalue weighted by molar-refractivity contribution is 0.0734. The number of nitrogens with one attached hydrogen (secondary N) is 2. The van der Waals surface area contributed by atoms with Gasteiger partial charge in [-0.2, -0.15) is 0 Å². The SMILES string of the molecule is CC(C)CCN1C(=O)c2ccccc2C1Nc1ccc(C(=O)NCCc2ccc(Cl)cc2Cl)cc1. The molecule has 7 heteroatoms. The van der Waals surface area contributed by atoms with E-state index in [-0.39, 0.29) is 18.0 Å². The lowest BCUT2D eigenvalue weighted by Crippen LogP contribution is -2.33. The van der Waals surface area contributed by atoms with Crippen molar-refractivity contribution in [2.45, 2.75) is 32.9 Å². The number of hydrogen-bond donors (Lipinski definition) is 2. The van der Waals surface area contributed by atoms with Gasteiger partial charge >= 0.3 is 0 Å². The molecular formula is C28H29Cl2N3O2. The van der Waals surface area contributed by atoms with Crippen LogP contribution in [-0.2, 0) is 6.42 Å². The minimum atomic E-state index is -0.235. The van der Waals surface area contributed by atoms with E-state index in [0.717, 1.165) is 28.8 Å². The molecule has 3 aromatic rings. The van der Waals surface area contributed by atoms with Gasteiger partial charge < -0.3 is 15.5 Å². The van der Waals surface area contributed by atoms with Crippen molar-refractivity contribution >= 4 is 40.7 Å². The van der Waals surface area contributed by atoms with Crippen molar-refractivity contribution in [2.75, 3.05) is 18.4 Å². The number of halogens is 2. The summed E-state index contributed by atoms with van der Waals surface area (Å²) in [4.78, 5) is 27.5. The third-order valence-electron chi connectivity index (χ3n) is 6.15. The molecule has 0 aromatic heterocycles. The molecule has 2 amide bonds. The van der Waals surface area contributed by atoms with Gasteiger partial charge in [-0.1, -0.05) is 61.3 Å². The highest BCUT2D eigenvalue weighted by Gasteiger charge is 2.36. The Balaban J connectivity index is 1.39. The van der Waals surface area contributed by atoms with E-state index in [1.807, 2.05) is 47.4 Å². The Kier molecular flexibility index (Phi) is 7.99. The Morgan fingerprint density at radius 2 is 1.77 bits per heavy atom. The van der Waals surface area contributed by atoms with E-state index in [0.29, 0.717) is 41.0 Å². The second-order valence-electron chi connectivity index (χ2n) is 9.13. The molecule has 1 heterocycles. The lowest BCUT2D eigenvalue weighted by atomic mass is 10.1. The minimum Gasteiger partial charge on any atom is -0.361 e. The molecule has 35 heavy (non-hydrogen) atoms. The van der Waals surface area contributed by atoms with Crippen LogP contribution in [0.15, 0.2) is 66.7 Å². The second-order valence-corrected chi connectivity index (χ2v) is 9.98. The standard InChI is InChI=1S/C28H29Cl2N3O2/c1-18(2)14-16-33-26(23-5-3-4-6-24(23)28(33)35)32-22-11-8-20(9-12-22)27(34)31-15-13-19-7-10-21(29)17-25(19)30/h3-12,17-18,26,32H,13-16H2,1-2H3,(H,31,34). The first kappa shape index (κ1) is 25.1. The quantitative estimate of drug-likeness (QED) is 0.342. The maximum atomic E-state index is 13.0. The molecule has 5 nitrogen and oxygen atoms in total. The minimum absolute atomic E-state index is 0.0514.